The Morgan fingerprint density at radius 3 is 2.87 bits per heavy atom. The second kappa shape index (κ2) is 5.32. The van der Waals surface area contributed by atoms with Gasteiger partial charge in [-0.15, -0.1) is 0 Å². The Kier molecular flexibility index (Phi) is 4.06. The summed E-state index contributed by atoms with van der Waals surface area (Å²) < 4.78 is 4.49. The van der Waals surface area contributed by atoms with Gasteiger partial charge in [0.05, 0.1) is 13.7 Å². The minimum absolute atomic E-state index is 0.000651. The highest BCUT2D eigenvalue weighted by atomic mass is 16.5. The van der Waals surface area contributed by atoms with E-state index in [1.165, 1.54) is 13.2 Å². The Bertz CT molecular complexity index is 380. The van der Waals surface area contributed by atoms with E-state index in [0.717, 1.165) is 16.7 Å². The highest BCUT2D eigenvalue weighted by molar-refractivity contribution is 5.87. The fourth-order valence-electron chi connectivity index (χ4n) is 1.19. The van der Waals surface area contributed by atoms with E-state index in [-0.39, 0.29) is 12.6 Å². The van der Waals surface area contributed by atoms with Gasteiger partial charge in [0.15, 0.2) is 0 Å². The van der Waals surface area contributed by atoms with Gasteiger partial charge in [0.2, 0.25) is 0 Å². The van der Waals surface area contributed by atoms with Crippen LogP contribution in [0.3, 0.4) is 0 Å². The van der Waals surface area contributed by atoms with Gasteiger partial charge in [-0.1, -0.05) is 12.1 Å². The van der Waals surface area contributed by atoms with E-state index in [0.29, 0.717) is 0 Å². The zero-order chi connectivity index (χ0) is 11.3. The predicted octanol–water partition coefficient (Wildman–Crippen LogP) is 1.67. The molecular formula is C12H14O3. The molecule has 0 fully saturated rings. The molecule has 80 valence electrons. The molecule has 1 aromatic carbocycles. The number of carbonyl (C=O) groups excluding carboxylic acids is 1. The van der Waals surface area contributed by atoms with Gasteiger partial charge in [-0.3, -0.25) is 0 Å². The lowest BCUT2D eigenvalue weighted by Gasteiger charge is -2.02. The number of benzene rings is 1. The predicted molar refractivity (Wildman–Crippen MR) is 58.2 cm³/mol. The van der Waals surface area contributed by atoms with Crippen LogP contribution in [0.25, 0.3) is 6.08 Å². The van der Waals surface area contributed by atoms with Gasteiger partial charge in [-0.2, -0.15) is 0 Å². The van der Waals surface area contributed by atoms with Crippen molar-refractivity contribution in [3.63, 3.8) is 0 Å². The molecular weight excluding hydrogens is 192 g/mol. The number of aliphatic hydroxyl groups is 1. The molecule has 0 saturated carbocycles. The van der Waals surface area contributed by atoms with Crippen LogP contribution >= 0.6 is 0 Å². The Labute approximate surface area is 89.0 Å². The van der Waals surface area contributed by atoms with Gasteiger partial charge in [0.25, 0.3) is 0 Å². The summed E-state index contributed by atoms with van der Waals surface area (Å²) in [6.07, 6.45) is 3.05. The standard InChI is InChI=1S/C12H14O3/c1-9-3-4-10(8-13)7-11(9)5-6-12(14)15-2/h3-7,13H,8H2,1-2H3. The molecule has 0 radical (unpaired) electrons. The Morgan fingerprint density at radius 1 is 1.53 bits per heavy atom. The summed E-state index contributed by atoms with van der Waals surface area (Å²) in [5, 5.41) is 8.96. The second-order valence-electron chi connectivity index (χ2n) is 3.21. The summed E-state index contributed by atoms with van der Waals surface area (Å²) in [6.45, 7) is 1.94. The van der Waals surface area contributed by atoms with Crippen molar-refractivity contribution in [2.24, 2.45) is 0 Å². The van der Waals surface area contributed by atoms with Crippen LogP contribution in [0, 0.1) is 6.92 Å². The fourth-order valence-corrected chi connectivity index (χ4v) is 1.19. The molecule has 1 rings (SSSR count). The Morgan fingerprint density at radius 2 is 2.27 bits per heavy atom. The van der Waals surface area contributed by atoms with Gasteiger partial charge in [-0.25, -0.2) is 4.79 Å². The van der Waals surface area contributed by atoms with Crippen molar-refractivity contribution in [3.8, 4) is 0 Å². The van der Waals surface area contributed by atoms with Crippen LogP contribution in [0.5, 0.6) is 0 Å². The van der Waals surface area contributed by atoms with Gasteiger partial charge >= 0.3 is 5.97 Å². The van der Waals surface area contributed by atoms with Crippen molar-refractivity contribution < 1.29 is 14.6 Å². The first kappa shape index (κ1) is 11.5. The zero-order valence-corrected chi connectivity index (χ0v) is 8.86. The number of carbonyl (C=O) groups is 1. The molecule has 0 saturated heterocycles. The molecule has 1 N–H and O–H groups in total. The van der Waals surface area contributed by atoms with E-state index in [1.807, 2.05) is 25.1 Å². The van der Waals surface area contributed by atoms with Crippen LogP contribution in [0.2, 0.25) is 0 Å². The summed E-state index contributed by atoms with van der Waals surface area (Å²) in [6, 6.07) is 5.60. The van der Waals surface area contributed by atoms with Crippen LogP contribution in [0.1, 0.15) is 16.7 Å². The summed E-state index contributed by atoms with van der Waals surface area (Å²) in [5.74, 6) is -0.385. The van der Waals surface area contributed by atoms with Gasteiger partial charge in [0.1, 0.15) is 0 Å². The number of aliphatic hydroxyl groups excluding tert-OH is 1. The lowest BCUT2D eigenvalue weighted by atomic mass is 10.0. The molecule has 3 heteroatoms. The first-order valence-electron chi connectivity index (χ1n) is 4.63. The molecule has 0 aliphatic heterocycles. The Balaban J connectivity index is 2.93. The van der Waals surface area contributed by atoms with Crippen molar-refractivity contribution >= 4 is 12.0 Å². The minimum atomic E-state index is -0.385. The molecule has 15 heavy (non-hydrogen) atoms. The topological polar surface area (TPSA) is 46.5 Å². The Hall–Kier alpha value is -1.61. The van der Waals surface area contributed by atoms with E-state index >= 15 is 0 Å². The molecule has 0 bridgehead atoms. The molecule has 0 atom stereocenters. The molecule has 0 aliphatic rings. The average Bonchev–Trinajstić information content (AvgIpc) is 2.27. The molecule has 0 unspecified atom stereocenters. The zero-order valence-electron chi connectivity index (χ0n) is 8.86. The van der Waals surface area contributed by atoms with E-state index in [2.05, 4.69) is 4.74 Å². The second-order valence-corrected chi connectivity index (χ2v) is 3.21. The first-order chi connectivity index (χ1) is 7.17. The summed E-state index contributed by atoms with van der Waals surface area (Å²) in [7, 11) is 1.34. The third-order valence-electron chi connectivity index (χ3n) is 2.13. The molecule has 3 nitrogen and oxygen atoms in total. The van der Waals surface area contributed by atoms with Crippen LogP contribution in [0.15, 0.2) is 24.3 Å². The number of hydrogen-bond acceptors (Lipinski definition) is 3. The van der Waals surface area contributed by atoms with Crippen molar-refractivity contribution in [2.45, 2.75) is 13.5 Å². The molecule has 0 spiro atoms. The molecule has 0 heterocycles. The molecule has 0 amide bonds. The third-order valence-corrected chi connectivity index (χ3v) is 2.13. The number of aryl methyl sites for hydroxylation is 1. The highest BCUT2D eigenvalue weighted by Gasteiger charge is 1.98. The first-order valence-corrected chi connectivity index (χ1v) is 4.63. The number of esters is 1. The number of ether oxygens (including phenoxy) is 1. The maximum Gasteiger partial charge on any atom is 0.330 e. The van der Waals surface area contributed by atoms with Gasteiger partial charge < -0.3 is 9.84 Å². The van der Waals surface area contributed by atoms with E-state index in [4.69, 9.17) is 5.11 Å². The average molecular weight is 206 g/mol. The van der Waals surface area contributed by atoms with Crippen LogP contribution in [0.4, 0.5) is 0 Å². The van der Waals surface area contributed by atoms with Gasteiger partial charge in [0, 0.05) is 6.08 Å². The lowest BCUT2D eigenvalue weighted by molar-refractivity contribution is -0.134. The lowest BCUT2D eigenvalue weighted by Crippen LogP contribution is -1.94. The largest absolute Gasteiger partial charge is 0.466 e. The number of methoxy groups -OCH3 is 1. The maximum absolute atomic E-state index is 10.9. The molecule has 1 aromatic rings. The maximum atomic E-state index is 10.9. The van der Waals surface area contributed by atoms with Crippen molar-refractivity contribution in [1.82, 2.24) is 0 Å². The van der Waals surface area contributed by atoms with Crippen molar-refractivity contribution in [2.75, 3.05) is 7.11 Å². The van der Waals surface area contributed by atoms with E-state index in [1.54, 1.807) is 6.08 Å². The molecule has 0 aliphatic carbocycles. The van der Waals surface area contributed by atoms with Gasteiger partial charge in [-0.05, 0) is 35.8 Å². The monoisotopic (exact) mass is 206 g/mol. The van der Waals surface area contributed by atoms with Crippen molar-refractivity contribution in [3.05, 3.63) is 41.0 Å². The van der Waals surface area contributed by atoms with Crippen molar-refractivity contribution in [1.29, 1.82) is 0 Å². The third kappa shape index (κ3) is 3.22. The normalized spacial score (nSPS) is 10.6. The summed E-state index contributed by atoms with van der Waals surface area (Å²) in [5.41, 5.74) is 2.78. The SMILES string of the molecule is COC(=O)C=Cc1cc(CO)ccc1C. The molecule has 0 aromatic heterocycles. The number of hydrogen-bond donors (Lipinski definition) is 1. The fraction of sp³-hybridized carbons (Fsp3) is 0.250. The van der Waals surface area contributed by atoms with Crippen LogP contribution in [-0.2, 0) is 16.1 Å². The highest BCUT2D eigenvalue weighted by Crippen LogP contribution is 2.13. The van der Waals surface area contributed by atoms with E-state index < -0.39 is 0 Å². The smallest absolute Gasteiger partial charge is 0.330 e. The quantitative estimate of drug-likeness (QED) is 0.604. The number of rotatable bonds is 3. The van der Waals surface area contributed by atoms with E-state index in [9.17, 15) is 4.79 Å². The summed E-state index contributed by atoms with van der Waals surface area (Å²) in [4.78, 5) is 10.9. The minimum Gasteiger partial charge on any atom is -0.466 e. The summed E-state index contributed by atoms with van der Waals surface area (Å²) >= 11 is 0. The van der Waals surface area contributed by atoms with Crippen LogP contribution < -0.4 is 0 Å². The van der Waals surface area contributed by atoms with Crippen LogP contribution in [-0.4, -0.2) is 18.2 Å².